The molecule has 146 valence electrons. The number of nitrogens with zero attached hydrogens (tertiary/aromatic N) is 1. The van der Waals surface area contributed by atoms with E-state index in [1.165, 1.54) is 32.2 Å². The van der Waals surface area contributed by atoms with Crippen LogP contribution in [-0.4, -0.2) is 43.1 Å². The molecule has 1 aromatic rings. The maximum Gasteiger partial charge on any atom is 0.253 e. The predicted molar refractivity (Wildman–Crippen MR) is 108 cm³/mol. The third kappa shape index (κ3) is 6.48. The Balaban J connectivity index is 0.00000243. The van der Waals surface area contributed by atoms with Crippen molar-refractivity contribution in [2.75, 3.05) is 26.2 Å². The summed E-state index contributed by atoms with van der Waals surface area (Å²) in [4.78, 5) is 14.7. The highest BCUT2D eigenvalue weighted by Crippen LogP contribution is 2.28. The van der Waals surface area contributed by atoms with Crippen molar-refractivity contribution in [2.24, 2.45) is 5.92 Å². The van der Waals surface area contributed by atoms with E-state index in [2.05, 4.69) is 12.2 Å². The van der Waals surface area contributed by atoms with Crippen LogP contribution in [-0.2, 0) is 0 Å². The van der Waals surface area contributed by atoms with Gasteiger partial charge in [-0.25, -0.2) is 0 Å². The number of nitrogens with one attached hydrogen (secondary N) is 1. The topological polar surface area (TPSA) is 41.6 Å². The fraction of sp³-hybridized carbons (Fsp3) is 0.667. The third-order valence-corrected chi connectivity index (χ3v) is 5.29. The summed E-state index contributed by atoms with van der Waals surface area (Å²) in [6.07, 6.45) is 8.39. The molecule has 26 heavy (non-hydrogen) atoms. The van der Waals surface area contributed by atoms with Crippen LogP contribution in [0.3, 0.4) is 0 Å². The number of benzene rings is 1. The predicted octanol–water partition coefficient (Wildman–Crippen LogP) is 4.28. The van der Waals surface area contributed by atoms with E-state index in [1.54, 1.807) is 0 Å². The summed E-state index contributed by atoms with van der Waals surface area (Å²) in [6, 6.07) is 8.22. The van der Waals surface area contributed by atoms with E-state index in [-0.39, 0.29) is 18.3 Å². The largest absolute Gasteiger partial charge is 0.494 e. The Labute approximate surface area is 164 Å². The summed E-state index contributed by atoms with van der Waals surface area (Å²) in [5.41, 5.74) is 0.769. The van der Waals surface area contributed by atoms with Gasteiger partial charge < -0.3 is 15.0 Å². The minimum Gasteiger partial charge on any atom is -0.494 e. The lowest BCUT2D eigenvalue weighted by Crippen LogP contribution is -2.45. The van der Waals surface area contributed by atoms with Crippen molar-refractivity contribution in [3.05, 3.63) is 29.8 Å². The normalized spacial score (nSPS) is 17.7. The molecular weight excluding hydrogens is 348 g/mol. The average Bonchev–Trinajstić information content (AvgIpc) is 3.48. The second-order valence-corrected chi connectivity index (χ2v) is 7.50. The number of piperidine rings is 1. The Hall–Kier alpha value is -1.26. The molecule has 1 aliphatic heterocycles. The number of likely N-dealkylation sites (tertiary alicyclic amines) is 1. The van der Waals surface area contributed by atoms with Gasteiger partial charge in [0.2, 0.25) is 0 Å². The van der Waals surface area contributed by atoms with E-state index in [9.17, 15) is 4.79 Å². The van der Waals surface area contributed by atoms with E-state index in [4.69, 9.17) is 4.74 Å². The highest BCUT2D eigenvalue weighted by atomic mass is 35.5. The van der Waals surface area contributed by atoms with Crippen LogP contribution in [0.25, 0.3) is 0 Å². The molecule has 1 saturated carbocycles. The molecule has 5 heteroatoms. The van der Waals surface area contributed by atoms with Crippen molar-refractivity contribution in [1.29, 1.82) is 0 Å². The maximum absolute atomic E-state index is 12.7. The molecule has 0 atom stereocenters. The van der Waals surface area contributed by atoms with Crippen molar-refractivity contribution >= 4 is 18.3 Å². The van der Waals surface area contributed by atoms with Gasteiger partial charge in [0.15, 0.2) is 0 Å². The summed E-state index contributed by atoms with van der Waals surface area (Å²) < 4.78 is 5.72. The fourth-order valence-corrected chi connectivity index (χ4v) is 3.36. The quantitative estimate of drug-likeness (QED) is 0.650. The minimum atomic E-state index is 0. The summed E-state index contributed by atoms with van der Waals surface area (Å²) in [5, 5.41) is 3.66. The number of hydrogen-bond acceptors (Lipinski definition) is 3. The highest BCUT2D eigenvalue weighted by molar-refractivity contribution is 5.94. The zero-order valence-corrected chi connectivity index (χ0v) is 16.7. The first kappa shape index (κ1) is 21.0. The van der Waals surface area contributed by atoms with Crippen molar-refractivity contribution < 1.29 is 9.53 Å². The van der Waals surface area contributed by atoms with E-state index in [0.717, 1.165) is 56.2 Å². The van der Waals surface area contributed by atoms with Crippen LogP contribution in [0, 0.1) is 5.92 Å². The molecule has 3 rings (SSSR count). The average molecular weight is 381 g/mol. The van der Waals surface area contributed by atoms with Crippen LogP contribution in [0.2, 0.25) is 0 Å². The van der Waals surface area contributed by atoms with Gasteiger partial charge in [0.05, 0.1) is 6.61 Å². The number of ether oxygens (including phenoxy) is 1. The lowest BCUT2D eigenvalue weighted by molar-refractivity contribution is 0.0705. The van der Waals surface area contributed by atoms with Gasteiger partial charge in [0.25, 0.3) is 5.91 Å². The molecule has 0 aromatic heterocycles. The van der Waals surface area contributed by atoms with Gasteiger partial charge in [0, 0.05) is 24.7 Å². The van der Waals surface area contributed by atoms with E-state index in [1.807, 2.05) is 29.2 Å². The van der Waals surface area contributed by atoms with Crippen molar-refractivity contribution in [2.45, 2.75) is 57.9 Å². The van der Waals surface area contributed by atoms with Crippen molar-refractivity contribution in [3.8, 4) is 5.75 Å². The molecule has 1 saturated heterocycles. The summed E-state index contributed by atoms with van der Waals surface area (Å²) in [7, 11) is 0. The molecule has 0 unspecified atom stereocenters. The van der Waals surface area contributed by atoms with Crippen molar-refractivity contribution in [1.82, 2.24) is 10.2 Å². The van der Waals surface area contributed by atoms with E-state index in [0.29, 0.717) is 6.04 Å². The first-order chi connectivity index (χ1) is 12.3. The lowest BCUT2D eigenvalue weighted by atomic mass is 10.0. The van der Waals surface area contributed by atoms with Gasteiger partial charge in [-0.15, -0.1) is 12.4 Å². The van der Waals surface area contributed by atoms with Gasteiger partial charge in [-0.2, -0.15) is 0 Å². The SMILES string of the molecule is CCCCCOc1ccc(C(=O)N2CCC(NCC3CC3)CC2)cc1.Cl. The van der Waals surface area contributed by atoms with Gasteiger partial charge in [-0.3, -0.25) is 4.79 Å². The van der Waals surface area contributed by atoms with Crippen LogP contribution >= 0.6 is 12.4 Å². The zero-order valence-electron chi connectivity index (χ0n) is 15.9. The number of carbonyl (C=O) groups is 1. The number of halogens is 1. The second-order valence-electron chi connectivity index (χ2n) is 7.50. The second kappa shape index (κ2) is 10.8. The van der Waals surface area contributed by atoms with Crippen LogP contribution in [0.5, 0.6) is 5.75 Å². The summed E-state index contributed by atoms with van der Waals surface area (Å²) >= 11 is 0. The summed E-state index contributed by atoms with van der Waals surface area (Å²) in [6.45, 7) is 5.82. The van der Waals surface area contributed by atoms with E-state index >= 15 is 0 Å². The Morgan fingerprint density at radius 1 is 1.12 bits per heavy atom. The van der Waals surface area contributed by atoms with Gasteiger partial charge in [-0.1, -0.05) is 19.8 Å². The van der Waals surface area contributed by atoms with Crippen LogP contribution in [0.1, 0.15) is 62.2 Å². The number of carbonyl (C=O) groups excluding carboxylic acids is 1. The molecule has 0 radical (unpaired) electrons. The highest BCUT2D eigenvalue weighted by Gasteiger charge is 2.26. The number of hydrogen-bond donors (Lipinski definition) is 1. The Morgan fingerprint density at radius 2 is 1.81 bits per heavy atom. The van der Waals surface area contributed by atoms with E-state index < -0.39 is 0 Å². The van der Waals surface area contributed by atoms with Crippen molar-refractivity contribution in [3.63, 3.8) is 0 Å². The molecule has 2 aliphatic rings. The molecule has 2 fully saturated rings. The lowest BCUT2D eigenvalue weighted by Gasteiger charge is -2.32. The molecule has 1 aromatic carbocycles. The molecule has 1 heterocycles. The molecule has 1 aliphatic carbocycles. The third-order valence-electron chi connectivity index (χ3n) is 5.29. The zero-order chi connectivity index (χ0) is 17.5. The molecule has 1 amide bonds. The number of amides is 1. The van der Waals surface area contributed by atoms with Gasteiger partial charge in [-0.05, 0) is 68.8 Å². The monoisotopic (exact) mass is 380 g/mol. The maximum atomic E-state index is 12.7. The van der Waals surface area contributed by atoms with Crippen LogP contribution < -0.4 is 10.1 Å². The minimum absolute atomic E-state index is 0. The summed E-state index contributed by atoms with van der Waals surface area (Å²) in [5.74, 6) is 1.93. The fourth-order valence-electron chi connectivity index (χ4n) is 3.36. The molecule has 0 spiro atoms. The first-order valence-corrected chi connectivity index (χ1v) is 10.0. The molecule has 0 bridgehead atoms. The van der Waals surface area contributed by atoms with Gasteiger partial charge in [0.1, 0.15) is 5.75 Å². The standard InChI is InChI=1S/C21H32N2O2.ClH/c1-2-3-4-15-25-20-9-7-18(8-10-20)21(24)23-13-11-19(12-14-23)22-16-17-5-6-17;/h7-10,17,19,22H,2-6,11-16H2,1H3;1H. The molecule has 1 N–H and O–H groups in total. The Kier molecular flexibility index (Phi) is 8.73. The molecular formula is C21H33ClN2O2. The Bertz CT molecular complexity index is 537. The molecule has 4 nitrogen and oxygen atoms in total. The number of rotatable bonds is 9. The first-order valence-electron chi connectivity index (χ1n) is 10.0. The van der Waals surface area contributed by atoms with Crippen LogP contribution in [0.4, 0.5) is 0 Å². The van der Waals surface area contributed by atoms with Gasteiger partial charge >= 0.3 is 0 Å². The Morgan fingerprint density at radius 3 is 2.42 bits per heavy atom. The van der Waals surface area contributed by atoms with Crippen LogP contribution in [0.15, 0.2) is 24.3 Å². The number of unbranched alkanes of at least 4 members (excludes halogenated alkanes) is 2. The smallest absolute Gasteiger partial charge is 0.253 e.